The minimum Gasteiger partial charge on any atom is -0.497 e. The summed E-state index contributed by atoms with van der Waals surface area (Å²) in [5.74, 6) is 2.46. The second-order valence-corrected chi connectivity index (χ2v) is 7.84. The molecule has 1 fully saturated rings. The van der Waals surface area contributed by atoms with Gasteiger partial charge in [-0.3, -0.25) is 4.79 Å². The number of benzene rings is 3. The first-order valence-corrected chi connectivity index (χ1v) is 10.5. The van der Waals surface area contributed by atoms with Crippen LogP contribution in [0, 0.1) is 0 Å². The first-order valence-electron chi connectivity index (χ1n) is 10.5. The van der Waals surface area contributed by atoms with Crippen molar-refractivity contribution in [1.29, 1.82) is 0 Å². The fourth-order valence-corrected chi connectivity index (χ4v) is 4.39. The number of ether oxygens (including phenoxy) is 3. The quantitative estimate of drug-likeness (QED) is 0.618. The van der Waals surface area contributed by atoms with Gasteiger partial charge in [0.1, 0.15) is 5.75 Å². The largest absolute Gasteiger partial charge is 0.497 e. The van der Waals surface area contributed by atoms with E-state index in [-0.39, 0.29) is 11.9 Å². The molecule has 0 aromatic heterocycles. The number of likely N-dealkylation sites (tertiary alicyclic amines) is 1. The summed E-state index contributed by atoms with van der Waals surface area (Å²) in [5, 5.41) is 2.10. The number of fused-ring (bicyclic) bond motifs is 2. The smallest absolute Gasteiger partial charge is 0.254 e. The van der Waals surface area contributed by atoms with E-state index in [9.17, 15) is 4.79 Å². The molecule has 0 radical (unpaired) electrons. The van der Waals surface area contributed by atoms with Gasteiger partial charge in [-0.05, 0) is 65.6 Å². The Morgan fingerprint density at radius 1 is 0.933 bits per heavy atom. The van der Waals surface area contributed by atoms with Crippen LogP contribution in [0.5, 0.6) is 17.2 Å². The van der Waals surface area contributed by atoms with Crippen LogP contribution < -0.4 is 14.2 Å². The minimum atomic E-state index is 0.0567. The maximum atomic E-state index is 13.4. The molecule has 1 amide bonds. The lowest BCUT2D eigenvalue weighted by Crippen LogP contribution is -2.30. The molecular weight excluding hydrogens is 378 g/mol. The number of rotatable bonds is 3. The standard InChI is InChI=1S/C25H25NO4/c1-28-21-9-7-17-14-20(6-5-18(17)15-21)25(27)26-11-2-4-22(26)19-8-10-23-24(16-19)30-13-3-12-29-23/h5-10,14-16,22H,2-4,11-13H2,1H3/t22-/m0/s1. The van der Waals surface area contributed by atoms with Gasteiger partial charge in [0.2, 0.25) is 0 Å². The molecule has 2 heterocycles. The van der Waals surface area contributed by atoms with Crippen LogP contribution in [-0.4, -0.2) is 37.7 Å². The molecule has 30 heavy (non-hydrogen) atoms. The number of carbonyl (C=O) groups excluding carboxylic acids is 1. The monoisotopic (exact) mass is 403 g/mol. The van der Waals surface area contributed by atoms with Gasteiger partial charge in [-0.15, -0.1) is 0 Å². The zero-order valence-electron chi connectivity index (χ0n) is 17.1. The molecule has 5 nitrogen and oxygen atoms in total. The van der Waals surface area contributed by atoms with Crippen molar-refractivity contribution in [2.45, 2.75) is 25.3 Å². The van der Waals surface area contributed by atoms with Crippen molar-refractivity contribution in [2.75, 3.05) is 26.9 Å². The molecule has 0 aliphatic carbocycles. The molecule has 0 N–H and O–H groups in total. The van der Waals surface area contributed by atoms with Crippen LogP contribution in [0.15, 0.2) is 54.6 Å². The normalized spacial score (nSPS) is 18.3. The molecular formula is C25H25NO4. The van der Waals surface area contributed by atoms with E-state index >= 15 is 0 Å². The molecule has 5 rings (SSSR count). The fourth-order valence-electron chi connectivity index (χ4n) is 4.39. The van der Waals surface area contributed by atoms with Gasteiger partial charge in [-0.25, -0.2) is 0 Å². The van der Waals surface area contributed by atoms with Crippen molar-refractivity contribution in [2.24, 2.45) is 0 Å². The molecule has 2 aliphatic rings. The molecule has 0 unspecified atom stereocenters. The Morgan fingerprint density at radius 3 is 2.60 bits per heavy atom. The lowest BCUT2D eigenvalue weighted by molar-refractivity contribution is 0.0735. The Balaban J connectivity index is 1.42. The number of hydrogen-bond donors (Lipinski definition) is 0. The Bertz CT molecular complexity index is 1090. The molecule has 0 spiro atoms. The van der Waals surface area contributed by atoms with E-state index in [2.05, 4.69) is 6.07 Å². The summed E-state index contributed by atoms with van der Waals surface area (Å²) in [6.45, 7) is 2.10. The van der Waals surface area contributed by atoms with Crippen LogP contribution in [0.1, 0.15) is 41.2 Å². The lowest BCUT2D eigenvalue weighted by Gasteiger charge is -2.26. The Kier molecular flexibility index (Phi) is 4.95. The zero-order valence-corrected chi connectivity index (χ0v) is 17.1. The highest BCUT2D eigenvalue weighted by Gasteiger charge is 2.31. The maximum Gasteiger partial charge on any atom is 0.254 e. The van der Waals surface area contributed by atoms with Gasteiger partial charge in [0.05, 0.1) is 26.4 Å². The molecule has 154 valence electrons. The summed E-state index contributed by atoms with van der Waals surface area (Å²) in [7, 11) is 1.66. The lowest BCUT2D eigenvalue weighted by atomic mass is 10.0. The molecule has 1 saturated heterocycles. The summed E-state index contributed by atoms with van der Waals surface area (Å²) in [4.78, 5) is 15.4. The molecule has 2 aliphatic heterocycles. The van der Waals surface area contributed by atoms with Crippen LogP contribution in [-0.2, 0) is 0 Å². The Labute approximate surface area is 176 Å². The third kappa shape index (κ3) is 3.45. The highest BCUT2D eigenvalue weighted by Crippen LogP contribution is 2.38. The van der Waals surface area contributed by atoms with E-state index in [1.54, 1.807) is 7.11 Å². The first-order chi connectivity index (χ1) is 14.7. The van der Waals surface area contributed by atoms with Gasteiger partial charge in [0.25, 0.3) is 5.91 Å². The predicted molar refractivity (Wildman–Crippen MR) is 116 cm³/mol. The van der Waals surface area contributed by atoms with Crippen LogP contribution >= 0.6 is 0 Å². The molecule has 0 saturated carbocycles. The molecule has 3 aromatic rings. The summed E-state index contributed by atoms with van der Waals surface area (Å²) < 4.78 is 16.9. The molecule has 0 bridgehead atoms. The average Bonchev–Trinajstić information content (AvgIpc) is 3.16. The van der Waals surface area contributed by atoms with Crippen molar-refractivity contribution >= 4 is 16.7 Å². The Hall–Kier alpha value is -3.21. The van der Waals surface area contributed by atoms with Crippen LogP contribution in [0.25, 0.3) is 10.8 Å². The second kappa shape index (κ2) is 7.90. The summed E-state index contributed by atoms with van der Waals surface area (Å²) in [6.07, 6.45) is 2.83. The third-order valence-electron chi connectivity index (χ3n) is 5.96. The number of methoxy groups -OCH3 is 1. The SMILES string of the molecule is COc1ccc2cc(C(=O)N3CCC[C@H]3c3ccc4c(c3)OCCCO4)ccc2c1. The van der Waals surface area contributed by atoms with Crippen molar-refractivity contribution in [3.05, 3.63) is 65.7 Å². The predicted octanol–water partition coefficient (Wildman–Crippen LogP) is 4.99. The topological polar surface area (TPSA) is 48.0 Å². The van der Waals surface area contributed by atoms with Crippen molar-refractivity contribution in [1.82, 2.24) is 4.90 Å². The van der Waals surface area contributed by atoms with Crippen molar-refractivity contribution in [3.63, 3.8) is 0 Å². The molecule has 3 aromatic carbocycles. The number of amides is 1. The zero-order chi connectivity index (χ0) is 20.5. The van der Waals surface area contributed by atoms with Crippen molar-refractivity contribution in [3.8, 4) is 17.2 Å². The van der Waals surface area contributed by atoms with E-state index in [0.717, 1.165) is 59.4 Å². The van der Waals surface area contributed by atoms with Crippen molar-refractivity contribution < 1.29 is 19.0 Å². The molecule has 5 heteroatoms. The highest BCUT2D eigenvalue weighted by atomic mass is 16.5. The van der Waals surface area contributed by atoms with E-state index in [1.165, 1.54) is 0 Å². The highest BCUT2D eigenvalue weighted by molar-refractivity contribution is 5.99. The number of carbonyl (C=O) groups is 1. The number of hydrogen-bond acceptors (Lipinski definition) is 4. The summed E-state index contributed by atoms with van der Waals surface area (Å²) in [6, 6.07) is 17.9. The third-order valence-corrected chi connectivity index (χ3v) is 5.96. The van der Waals surface area contributed by atoms with E-state index < -0.39 is 0 Å². The minimum absolute atomic E-state index is 0.0567. The van der Waals surface area contributed by atoms with Crippen LogP contribution in [0.4, 0.5) is 0 Å². The van der Waals surface area contributed by atoms with E-state index in [4.69, 9.17) is 14.2 Å². The van der Waals surface area contributed by atoms with Gasteiger partial charge in [0.15, 0.2) is 11.5 Å². The van der Waals surface area contributed by atoms with Gasteiger partial charge < -0.3 is 19.1 Å². The van der Waals surface area contributed by atoms with E-state index in [1.807, 2.05) is 53.4 Å². The average molecular weight is 403 g/mol. The van der Waals surface area contributed by atoms with Gasteiger partial charge in [0, 0.05) is 18.5 Å². The van der Waals surface area contributed by atoms with E-state index in [0.29, 0.717) is 18.8 Å². The van der Waals surface area contributed by atoms with Gasteiger partial charge in [-0.2, -0.15) is 0 Å². The van der Waals surface area contributed by atoms with Gasteiger partial charge in [-0.1, -0.05) is 18.2 Å². The van der Waals surface area contributed by atoms with Crippen LogP contribution in [0.2, 0.25) is 0 Å². The van der Waals surface area contributed by atoms with Crippen LogP contribution in [0.3, 0.4) is 0 Å². The fraction of sp³-hybridized carbons (Fsp3) is 0.320. The maximum absolute atomic E-state index is 13.4. The Morgan fingerprint density at radius 2 is 1.73 bits per heavy atom. The van der Waals surface area contributed by atoms with Gasteiger partial charge >= 0.3 is 0 Å². The summed E-state index contributed by atoms with van der Waals surface area (Å²) >= 11 is 0. The second-order valence-electron chi connectivity index (χ2n) is 7.84. The first kappa shape index (κ1) is 18.8. The molecule has 1 atom stereocenters. The number of nitrogens with zero attached hydrogens (tertiary/aromatic N) is 1. The summed E-state index contributed by atoms with van der Waals surface area (Å²) in [5.41, 5.74) is 1.82.